The number of ether oxygens (including phenoxy) is 1. The molecule has 1 saturated heterocycles. The maximum Gasteiger partial charge on any atom is 0.178 e. The fraction of sp³-hybridized carbons (Fsp3) is 1.00. The molecule has 0 radical (unpaired) electrons. The Morgan fingerprint density at radius 1 is 1.42 bits per heavy atom. The summed E-state index contributed by atoms with van der Waals surface area (Å²) in [6.45, 7) is 3.64. The van der Waals surface area contributed by atoms with Crippen LogP contribution in [0, 0.1) is 11.8 Å². The quantitative estimate of drug-likeness (QED) is 0.568. The molecule has 0 spiro atoms. The molecule has 12 heavy (non-hydrogen) atoms. The van der Waals surface area contributed by atoms with Crippen LogP contribution in [-0.4, -0.2) is 35.4 Å². The van der Waals surface area contributed by atoms with Crippen LogP contribution in [0.15, 0.2) is 0 Å². The molecule has 3 nitrogen and oxygen atoms in total. The molecule has 0 aromatic carbocycles. The van der Waals surface area contributed by atoms with E-state index in [0.717, 1.165) is 0 Å². The number of hydrogen-bond donors (Lipinski definition) is 2. The van der Waals surface area contributed by atoms with Gasteiger partial charge in [-0.05, 0) is 0 Å². The van der Waals surface area contributed by atoms with Gasteiger partial charge in [0.2, 0.25) is 0 Å². The Morgan fingerprint density at radius 2 is 2.00 bits per heavy atom. The Labute approximate surface area is 71.2 Å². The zero-order chi connectivity index (χ0) is 9.30. The first-order valence-electron chi connectivity index (χ1n) is 4.16. The van der Waals surface area contributed by atoms with Crippen molar-refractivity contribution in [1.82, 2.24) is 0 Å². The minimum atomic E-state index is -1.58. The number of rotatable bonds is 1. The lowest BCUT2D eigenvalue weighted by atomic mass is 9.88. The summed E-state index contributed by atoms with van der Waals surface area (Å²) < 4.78 is 18.4. The molecular formula is C8H15FO3. The number of alkyl halides is 1. The highest BCUT2D eigenvalue weighted by molar-refractivity contribution is 4.83. The maximum absolute atomic E-state index is 13.3. The van der Waals surface area contributed by atoms with Crippen LogP contribution in [0.3, 0.4) is 0 Å². The Morgan fingerprint density at radius 3 is 2.50 bits per heavy atom. The van der Waals surface area contributed by atoms with Gasteiger partial charge in [-0.3, -0.25) is 0 Å². The number of aliphatic hydroxyl groups excluding tert-OH is 1. The van der Waals surface area contributed by atoms with Crippen LogP contribution in [-0.2, 0) is 4.74 Å². The third-order valence-corrected chi connectivity index (χ3v) is 2.41. The molecule has 1 heterocycles. The second kappa shape index (κ2) is 3.68. The minimum Gasteiger partial charge on any atom is -0.372 e. The zero-order valence-electron chi connectivity index (χ0n) is 7.27. The lowest BCUT2D eigenvalue weighted by Crippen LogP contribution is -2.47. The van der Waals surface area contributed by atoms with E-state index in [0.29, 0.717) is 0 Å². The summed E-state index contributed by atoms with van der Waals surface area (Å²) in [5.41, 5.74) is 0. The summed E-state index contributed by atoms with van der Waals surface area (Å²) in [5, 5.41) is 17.6. The van der Waals surface area contributed by atoms with Crippen LogP contribution in [0.1, 0.15) is 13.8 Å². The molecule has 1 fully saturated rings. The van der Waals surface area contributed by atoms with Gasteiger partial charge >= 0.3 is 0 Å². The van der Waals surface area contributed by atoms with Gasteiger partial charge in [0, 0.05) is 11.8 Å². The minimum absolute atomic E-state index is 0.157. The fourth-order valence-electron chi connectivity index (χ4n) is 1.56. The second-order valence-corrected chi connectivity index (χ2v) is 3.49. The summed E-state index contributed by atoms with van der Waals surface area (Å²) in [6.07, 6.45) is -3.37. The van der Waals surface area contributed by atoms with Crippen molar-refractivity contribution in [1.29, 1.82) is 0 Å². The molecule has 0 saturated carbocycles. The van der Waals surface area contributed by atoms with Gasteiger partial charge in [0.1, 0.15) is 12.3 Å². The third-order valence-electron chi connectivity index (χ3n) is 2.41. The highest BCUT2D eigenvalue weighted by Gasteiger charge is 2.38. The van der Waals surface area contributed by atoms with E-state index >= 15 is 0 Å². The van der Waals surface area contributed by atoms with E-state index in [9.17, 15) is 4.39 Å². The predicted octanol–water partition coefficient (Wildman–Crippen LogP) is 0.306. The molecule has 0 amide bonds. The molecule has 0 aliphatic carbocycles. The van der Waals surface area contributed by atoms with Crippen LogP contribution in [0.25, 0.3) is 0 Å². The highest BCUT2D eigenvalue weighted by atomic mass is 19.1. The van der Waals surface area contributed by atoms with Gasteiger partial charge in [0.15, 0.2) is 6.29 Å². The number of hydrogen-bond acceptors (Lipinski definition) is 3. The first-order valence-corrected chi connectivity index (χ1v) is 4.16. The largest absolute Gasteiger partial charge is 0.372 e. The van der Waals surface area contributed by atoms with E-state index in [1.54, 1.807) is 13.8 Å². The lowest BCUT2D eigenvalue weighted by molar-refractivity contribution is -0.201. The lowest BCUT2D eigenvalue weighted by Gasteiger charge is -2.36. The SMILES string of the molecule is C[C@H]1[C@@H](F)[C@@H](C)CO[C@@H]1C(O)O. The molecule has 0 aromatic rings. The average Bonchev–Trinajstić information content (AvgIpc) is 2.00. The van der Waals surface area contributed by atoms with Gasteiger partial charge in [0.25, 0.3) is 0 Å². The van der Waals surface area contributed by atoms with Crippen molar-refractivity contribution in [3.63, 3.8) is 0 Å². The van der Waals surface area contributed by atoms with Crippen molar-refractivity contribution in [2.24, 2.45) is 11.8 Å². The van der Waals surface area contributed by atoms with E-state index in [-0.39, 0.29) is 12.5 Å². The van der Waals surface area contributed by atoms with Crippen LogP contribution in [0.4, 0.5) is 4.39 Å². The second-order valence-electron chi connectivity index (χ2n) is 3.49. The summed E-state index contributed by atoms with van der Waals surface area (Å²) in [4.78, 5) is 0. The van der Waals surface area contributed by atoms with Gasteiger partial charge in [-0.15, -0.1) is 0 Å². The molecule has 72 valence electrons. The molecule has 0 bridgehead atoms. The van der Waals surface area contributed by atoms with Crippen LogP contribution in [0.5, 0.6) is 0 Å². The smallest absolute Gasteiger partial charge is 0.178 e. The fourth-order valence-corrected chi connectivity index (χ4v) is 1.56. The standard InChI is InChI=1S/C8H15FO3/c1-4-3-12-7(8(10)11)5(2)6(4)9/h4-8,10-11H,3H2,1-2H3/t4-,5-,6-,7-/m0/s1. The van der Waals surface area contributed by atoms with Gasteiger partial charge in [-0.1, -0.05) is 13.8 Å². The third kappa shape index (κ3) is 1.76. The summed E-state index contributed by atoms with van der Waals surface area (Å²) in [5.74, 6) is -0.608. The van der Waals surface area contributed by atoms with Crippen molar-refractivity contribution in [3.8, 4) is 0 Å². The van der Waals surface area contributed by atoms with Crippen molar-refractivity contribution in [2.75, 3.05) is 6.61 Å². The summed E-state index contributed by atoms with van der Waals surface area (Å²) in [7, 11) is 0. The van der Waals surface area contributed by atoms with Crippen LogP contribution in [0.2, 0.25) is 0 Å². The van der Waals surface area contributed by atoms with Crippen LogP contribution >= 0.6 is 0 Å². The van der Waals surface area contributed by atoms with Crippen molar-refractivity contribution < 1.29 is 19.3 Å². The van der Waals surface area contributed by atoms with Crippen molar-refractivity contribution in [3.05, 3.63) is 0 Å². The summed E-state index contributed by atoms with van der Waals surface area (Å²) >= 11 is 0. The molecule has 4 atom stereocenters. The molecule has 0 aromatic heterocycles. The Hall–Kier alpha value is -0.190. The monoisotopic (exact) mass is 178 g/mol. The van der Waals surface area contributed by atoms with Crippen LogP contribution < -0.4 is 0 Å². The molecular weight excluding hydrogens is 163 g/mol. The molecule has 1 aliphatic heterocycles. The van der Waals surface area contributed by atoms with E-state index in [4.69, 9.17) is 14.9 Å². The molecule has 0 unspecified atom stereocenters. The molecule has 2 N–H and O–H groups in total. The highest BCUT2D eigenvalue weighted by Crippen LogP contribution is 2.28. The Kier molecular flexibility index (Phi) is 3.04. The molecule has 1 aliphatic rings. The zero-order valence-corrected chi connectivity index (χ0v) is 7.27. The van der Waals surface area contributed by atoms with Gasteiger partial charge in [-0.2, -0.15) is 0 Å². The van der Waals surface area contributed by atoms with E-state index < -0.39 is 24.5 Å². The van der Waals surface area contributed by atoms with Crippen molar-refractivity contribution in [2.45, 2.75) is 32.4 Å². The summed E-state index contributed by atoms with van der Waals surface area (Å²) in [6, 6.07) is 0. The van der Waals surface area contributed by atoms with E-state index in [1.165, 1.54) is 0 Å². The first-order chi connectivity index (χ1) is 5.54. The van der Waals surface area contributed by atoms with Crippen molar-refractivity contribution >= 4 is 0 Å². The van der Waals surface area contributed by atoms with Gasteiger partial charge in [-0.25, -0.2) is 4.39 Å². The predicted molar refractivity (Wildman–Crippen MR) is 41.2 cm³/mol. The Bertz CT molecular complexity index is 151. The molecule has 1 rings (SSSR count). The molecule has 4 heteroatoms. The number of aliphatic hydroxyl groups is 2. The number of halogens is 1. The average molecular weight is 178 g/mol. The maximum atomic E-state index is 13.3. The van der Waals surface area contributed by atoms with E-state index in [2.05, 4.69) is 0 Å². The Balaban J connectivity index is 2.58. The first kappa shape index (κ1) is 9.89. The normalized spacial score (nSPS) is 43.5. The van der Waals surface area contributed by atoms with E-state index in [1.807, 2.05) is 0 Å². The topological polar surface area (TPSA) is 49.7 Å². The van der Waals surface area contributed by atoms with Gasteiger partial charge < -0.3 is 14.9 Å². The van der Waals surface area contributed by atoms with Gasteiger partial charge in [0.05, 0.1) is 6.61 Å².